The Balaban J connectivity index is 1.91. The van der Waals surface area contributed by atoms with Gasteiger partial charge in [0.25, 0.3) is 0 Å². The first-order valence-corrected chi connectivity index (χ1v) is 8.80. The van der Waals surface area contributed by atoms with E-state index in [4.69, 9.17) is 0 Å². The van der Waals surface area contributed by atoms with E-state index in [-0.39, 0.29) is 0 Å². The Hall–Kier alpha value is -0.0400. The molecule has 2 aliphatic rings. The van der Waals surface area contributed by atoms with Crippen LogP contribution in [0, 0.1) is 23.2 Å². The molecule has 1 nitrogen and oxygen atoms in total. The molecule has 2 saturated carbocycles. The highest BCUT2D eigenvalue weighted by molar-refractivity contribution is 4.90. The summed E-state index contributed by atoms with van der Waals surface area (Å²) in [6.07, 6.45) is 11.5. The summed E-state index contributed by atoms with van der Waals surface area (Å²) < 4.78 is 0. The smallest absolute Gasteiger partial charge is 0.0100 e. The van der Waals surface area contributed by atoms with E-state index in [0.717, 1.165) is 23.8 Å². The molecule has 0 spiro atoms. The molecule has 2 fully saturated rings. The van der Waals surface area contributed by atoms with Crippen LogP contribution in [-0.4, -0.2) is 12.6 Å². The largest absolute Gasteiger partial charge is 0.313 e. The lowest BCUT2D eigenvalue weighted by Crippen LogP contribution is -2.46. The highest BCUT2D eigenvalue weighted by Gasteiger charge is 2.35. The molecule has 112 valence electrons. The third-order valence-corrected chi connectivity index (χ3v) is 6.18. The number of hydrogen-bond donors (Lipinski definition) is 1. The number of rotatable bonds is 5. The lowest BCUT2D eigenvalue weighted by atomic mass is 9.73. The van der Waals surface area contributed by atoms with Crippen molar-refractivity contribution in [1.29, 1.82) is 0 Å². The minimum absolute atomic E-state index is 0.641. The Morgan fingerprint density at radius 3 is 2.42 bits per heavy atom. The predicted octanol–water partition coefficient (Wildman–Crippen LogP) is 5.01. The van der Waals surface area contributed by atoms with Crippen LogP contribution in [0.5, 0.6) is 0 Å². The summed E-state index contributed by atoms with van der Waals surface area (Å²) in [7, 11) is 0. The summed E-state index contributed by atoms with van der Waals surface area (Å²) in [6.45, 7) is 11.0. The van der Waals surface area contributed by atoms with Crippen LogP contribution >= 0.6 is 0 Å². The molecule has 19 heavy (non-hydrogen) atoms. The molecule has 0 aliphatic heterocycles. The molecule has 0 bridgehead atoms. The molecule has 0 saturated heterocycles. The lowest BCUT2D eigenvalue weighted by Gasteiger charge is -2.40. The van der Waals surface area contributed by atoms with Gasteiger partial charge in [0.15, 0.2) is 0 Å². The molecule has 3 atom stereocenters. The molecule has 2 rings (SSSR count). The van der Waals surface area contributed by atoms with Crippen LogP contribution in [0.1, 0.15) is 79.1 Å². The van der Waals surface area contributed by atoms with Crippen LogP contribution in [0.25, 0.3) is 0 Å². The molecule has 0 aromatic rings. The van der Waals surface area contributed by atoms with Gasteiger partial charge in [-0.1, -0.05) is 47.0 Å². The summed E-state index contributed by atoms with van der Waals surface area (Å²) in [5.41, 5.74) is 0.641. The zero-order chi connectivity index (χ0) is 13.9. The summed E-state index contributed by atoms with van der Waals surface area (Å²) in [5.74, 6) is 2.67. The summed E-state index contributed by atoms with van der Waals surface area (Å²) >= 11 is 0. The fourth-order valence-corrected chi connectivity index (χ4v) is 4.56. The number of hydrogen-bond acceptors (Lipinski definition) is 1. The maximum atomic E-state index is 4.02. The zero-order valence-electron chi connectivity index (χ0n) is 13.7. The van der Waals surface area contributed by atoms with Crippen molar-refractivity contribution in [2.75, 3.05) is 6.54 Å². The van der Waals surface area contributed by atoms with Crippen molar-refractivity contribution in [3.05, 3.63) is 0 Å². The minimum atomic E-state index is 0.641. The lowest BCUT2D eigenvalue weighted by molar-refractivity contribution is 0.148. The summed E-state index contributed by atoms with van der Waals surface area (Å²) in [6, 6.07) is 0.785. The van der Waals surface area contributed by atoms with Gasteiger partial charge in [0, 0.05) is 12.6 Å². The Morgan fingerprint density at radius 1 is 1.16 bits per heavy atom. The van der Waals surface area contributed by atoms with Gasteiger partial charge in [-0.3, -0.25) is 0 Å². The van der Waals surface area contributed by atoms with Gasteiger partial charge in [-0.2, -0.15) is 0 Å². The monoisotopic (exact) mass is 265 g/mol. The Morgan fingerprint density at radius 2 is 1.84 bits per heavy atom. The third kappa shape index (κ3) is 3.74. The predicted molar refractivity (Wildman–Crippen MR) is 84.3 cm³/mol. The van der Waals surface area contributed by atoms with E-state index in [1.807, 2.05) is 0 Å². The first-order chi connectivity index (χ1) is 9.06. The van der Waals surface area contributed by atoms with Crippen molar-refractivity contribution >= 4 is 0 Å². The van der Waals surface area contributed by atoms with Gasteiger partial charge in [-0.15, -0.1) is 0 Å². The van der Waals surface area contributed by atoms with Gasteiger partial charge in [0.2, 0.25) is 0 Å². The molecule has 3 unspecified atom stereocenters. The van der Waals surface area contributed by atoms with E-state index in [2.05, 4.69) is 33.0 Å². The van der Waals surface area contributed by atoms with E-state index >= 15 is 0 Å². The molecule has 0 aromatic carbocycles. The SMILES string of the molecule is CCC1(CNC2CC(C)CCC2C(C)C)CCCC1. The summed E-state index contributed by atoms with van der Waals surface area (Å²) in [5, 5.41) is 4.02. The quantitative estimate of drug-likeness (QED) is 0.737. The fraction of sp³-hybridized carbons (Fsp3) is 1.00. The van der Waals surface area contributed by atoms with E-state index in [1.165, 1.54) is 57.9 Å². The van der Waals surface area contributed by atoms with Gasteiger partial charge in [-0.05, 0) is 55.3 Å². The van der Waals surface area contributed by atoms with Gasteiger partial charge >= 0.3 is 0 Å². The Labute approximate surface area is 120 Å². The van der Waals surface area contributed by atoms with E-state index in [9.17, 15) is 0 Å². The van der Waals surface area contributed by atoms with Crippen molar-refractivity contribution < 1.29 is 0 Å². The van der Waals surface area contributed by atoms with Crippen molar-refractivity contribution in [1.82, 2.24) is 5.32 Å². The number of nitrogens with one attached hydrogen (secondary N) is 1. The zero-order valence-corrected chi connectivity index (χ0v) is 13.7. The van der Waals surface area contributed by atoms with E-state index < -0.39 is 0 Å². The maximum Gasteiger partial charge on any atom is 0.0100 e. The molecule has 0 amide bonds. The van der Waals surface area contributed by atoms with Crippen molar-refractivity contribution in [2.24, 2.45) is 23.2 Å². The molecule has 1 heteroatoms. The van der Waals surface area contributed by atoms with Crippen LogP contribution in [0.4, 0.5) is 0 Å². The van der Waals surface area contributed by atoms with Gasteiger partial charge in [-0.25, -0.2) is 0 Å². The van der Waals surface area contributed by atoms with Crippen molar-refractivity contribution in [2.45, 2.75) is 85.1 Å². The molecule has 0 aromatic heterocycles. The topological polar surface area (TPSA) is 12.0 Å². The average molecular weight is 265 g/mol. The minimum Gasteiger partial charge on any atom is -0.313 e. The van der Waals surface area contributed by atoms with Gasteiger partial charge in [0.05, 0.1) is 0 Å². The van der Waals surface area contributed by atoms with Crippen LogP contribution in [-0.2, 0) is 0 Å². The molecular formula is C18H35N. The van der Waals surface area contributed by atoms with E-state index in [0.29, 0.717) is 5.41 Å². The van der Waals surface area contributed by atoms with Crippen LogP contribution in [0.2, 0.25) is 0 Å². The Bertz CT molecular complexity index is 265. The van der Waals surface area contributed by atoms with Gasteiger partial charge in [0.1, 0.15) is 0 Å². The molecular weight excluding hydrogens is 230 g/mol. The molecule has 0 heterocycles. The van der Waals surface area contributed by atoms with Crippen molar-refractivity contribution in [3.8, 4) is 0 Å². The first kappa shape index (κ1) is 15.4. The van der Waals surface area contributed by atoms with Crippen LogP contribution < -0.4 is 5.32 Å². The molecule has 2 aliphatic carbocycles. The maximum absolute atomic E-state index is 4.02. The average Bonchev–Trinajstić information content (AvgIpc) is 2.85. The summed E-state index contributed by atoms with van der Waals surface area (Å²) in [4.78, 5) is 0. The fourth-order valence-electron chi connectivity index (χ4n) is 4.56. The third-order valence-electron chi connectivity index (χ3n) is 6.18. The molecule has 1 N–H and O–H groups in total. The van der Waals surface area contributed by atoms with Crippen molar-refractivity contribution in [3.63, 3.8) is 0 Å². The van der Waals surface area contributed by atoms with Crippen LogP contribution in [0.3, 0.4) is 0 Å². The molecule has 0 radical (unpaired) electrons. The first-order valence-electron chi connectivity index (χ1n) is 8.80. The highest BCUT2D eigenvalue weighted by atomic mass is 14.9. The second kappa shape index (κ2) is 6.61. The van der Waals surface area contributed by atoms with Gasteiger partial charge < -0.3 is 5.32 Å². The highest BCUT2D eigenvalue weighted by Crippen LogP contribution is 2.41. The second-order valence-electron chi connectivity index (χ2n) is 7.87. The normalized spacial score (nSPS) is 34.9. The van der Waals surface area contributed by atoms with E-state index in [1.54, 1.807) is 0 Å². The second-order valence-corrected chi connectivity index (χ2v) is 7.87. The Kier molecular flexibility index (Phi) is 5.34. The van der Waals surface area contributed by atoms with Crippen LogP contribution in [0.15, 0.2) is 0 Å². The standard InChI is InChI=1S/C18H35N/c1-5-18(10-6-7-11-18)13-19-17-12-15(4)8-9-16(17)14(2)3/h14-17,19H,5-13H2,1-4H3.